The van der Waals surface area contributed by atoms with E-state index >= 15 is 0 Å². The number of nitrogens with zero attached hydrogens (tertiary/aromatic N) is 1. The first-order chi connectivity index (χ1) is 2.77. The van der Waals surface area contributed by atoms with Crippen molar-refractivity contribution in [1.82, 2.24) is 0 Å². The second-order valence-corrected chi connectivity index (χ2v) is 1.50. The summed E-state index contributed by atoms with van der Waals surface area (Å²) in [4.78, 5) is 4.00. The van der Waals surface area contributed by atoms with Crippen molar-refractivity contribution in [3.05, 3.63) is 0 Å². The largest absolute Gasteiger partial charge is 0.295 e. The van der Waals surface area contributed by atoms with Crippen LogP contribution in [0.1, 0.15) is 28.2 Å². The van der Waals surface area contributed by atoms with E-state index in [0.29, 0.717) is 6.04 Å². The van der Waals surface area contributed by atoms with Gasteiger partial charge >= 0.3 is 0 Å². The maximum Gasteiger partial charge on any atom is 0.0439 e. The lowest BCUT2D eigenvalue weighted by Gasteiger charge is -1.88. The van der Waals surface area contributed by atoms with Crippen LogP contribution in [0.15, 0.2) is 4.99 Å². The highest BCUT2D eigenvalue weighted by molar-refractivity contribution is 5.53. The first-order valence-corrected chi connectivity index (χ1v) is 2.25. The summed E-state index contributed by atoms with van der Waals surface area (Å²) < 4.78 is 0. The van der Waals surface area contributed by atoms with E-state index in [1.54, 1.807) is 0 Å². The molecule has 0 atom stereocenters. The van der Waals surface area contributed by atoms with E-state index in [1.807, 2.05) is 13.1 Å². The molecule has 0 aromatic heterocycles. The summed E-state index contributed by atoms with van der Waals surface area (Å²) in [5.74, 6) is 0. The van der Waals surface area contributed by atoms with E-state index in [2.05, 4.69) is 18.8 Å². The van der Waals surface area contributed by atoms with E-state index in [0.717, 1.165) is 0 Å². The molecule has 0 rings (SSSR count). The summed E-state index contributed by atoms with van der Waals surface area (Å²) in [7, 11) is 0. The monoisotopic (exact) mass is 101 g/mol. The smallest absolute Gasteiger partial charge is 0.0439 e. The van der Waals surface area contributed by atoms with Crippen LogP contribution in [-0.4, -0.2) is 12.3 Å². The molecule has 0 amide bonds. The molecule has 0 saturated carbocycles. The van der Waals surface area contributed by atoms with Gasteiger partial charge in [0.05, 0.1) is 0 Å². The Kier molecular flexibility index (Phi) is 7.96. The Morgan fingerprint density at radius 3 is 1.86 bits per heavy atom. The van der Waals surface area contributed by atoms with E-state index < -0.39 is 0 Å². The molecule has 7 heavy (non-hydrogen) atoms. The molecule has 0 saturated heterocycles. The molecule has 0 aromatic carbocycles. The fourth-order valence-electron chi connectivity index (χ4n) is 0.298. The quantitative estimate of drug-likeness (QED) is 0.449. The number of hydrogen-bond acceptors (Lipinski definition) is 1. The van der Waals surface area contributed by atoms with Crippen molar-refractivity contribution in [2.45, 2.75) is 34.2 Å². The van der Waals surface area contributed by atoms with E-state index in [1.165, 1.54) is 0 Å². The van der Waals surface area contributed by atoms with Gasteiger partial charge < -0.3 is 0 Å². The highest BCUT2D eigenvalue weighted by Crippen LogP contribution is 1.80. The van der Waals surface area contributed by atoms with Gasteiger partial charge in [0.2, 0.25) is 0 Å². The first-order valence-electron chi connectivity index (χ1n) is 2.25. The van der Waals surface area contributed by atoms with Crippen molar-refractivity contribution in [1.29, 1.82) is 0 Å². The number of aliphatic imine (C=N–C) groups is 1. The van der Waals surface area contributed by atoms with E-state index in [9.17, 15) is 0 Å². The van der Waals surface area contributed by atoms with Crippen molar-refractivity contribution in [2.24, 2.45) is 4.99 Å². The molecular formula is C6H15N. The van der Waals surface area contributed by atoms with Gasteiger partial charge in [-0.05, 0) is 27.0 Å². The average molecular weight is 101 g/mol. The third kappa shape index (κ3) is 10.7. The molecule has 0 radical (unpaired) electrons. The van der Waals surface area contributed by atoms with Crippen LogP contribution in [0.5, 0.6) is 0 Å². The lowest BCUT2D eigenvalue weighted by Crippen LogP contribution is -1.85. The molecule has 1 nitrogen and oxygen atoms in total. The van der Waals surface area contributed by atoms with Crippen molar-refractivity contribution in [3.8, 4) is 0 Å². The Hall–Kier alpha value is -0.330. The van der Waals surface area contributed by atoms with Crippen LogP contribution in [-0.2, 0) is 0 Å². The van der Waals surface area contributed by atoms with Crippen LogP contribution in [0.25, 0.3) is 0 Å². The zero-order valence-corrected chi connectivity index (χ0v) is 4.60. The zero-order chi connectivity index (χ0) is 4.99. The zero-order valence-electron chi connectivity index (χ0n) is 4.60. The Balaban J connectivity index is 0. The lowest BCUT2D eigenvalue weighted by atomic mass is 10.4. The Labute approximate surface area is 46.5 Å². The second-order valence-electron chi connectivity index (χ2n) is 1.50. The van der Waals surface area contributed by atoms with Gasteiger partial charge in [-0.1, -0.05) is 7.43 Å². The normalized spacial score (nSPS) is 9.71. The predicted molar refractivity (Wildman–Crippen MR) is 36.0 cm³/mol. The third-order valence-corrected chi connectivity index (χ3v) is 0.447. The molecular weight excluding hydrogens is 86.1 g/mol. The Morgan fingerprint density at radius 1 is 1.43 bits per heavy atom. The van der Waals surface area contributed by atoms with Crippen molar-refractivity contribution >= 4 is 6.21 Å². The highest BCUT2D eigenvalue weighted by Gasteiger charge is 1.76. The summed E-state index contributed by atoms with van der Waals surface area (Å²) >= 11 is 0. The molecule has 0 spiro atoms. The van der Waals surface area contributed by atoms with Gasteiger partial charge in [-0.25, -0.2) is 0 Å². The first kappa shape index (κ1) is 9.83. The van der Waals surface area contributed by atoms with Crippen LogP contribution < -0.4 is 0 Å². The summed E-state index contributed by atoms with van der Waals surface area (Å²) in [5.41, 5.74) is 0. The summed E-state index contributed by atoms with van der Waals surface area (Å²) in [6.45, 7) is 6.04. The topological polar surface area (TPSA) is 12.4 Å². The van der Waals surface area contributed by atoms with Crippen LogP contribution in [0.4, 0.5) is 0 Å². The van der Waals surface area contributed by atoms with Gasteiger partial charge in [0.15, 0.2) is 0 Å². The summed E-state index contributed by atoms with van der Waals surface area (Å²) in [5, 5.41) is 0. The van der Waals surface area contributed by atoms with E-state index in [-0.39, 0.29) is 7.43 Å². The van der Waals surface area contributed by atoms with Crippen molar-refractivity contribution < 1.29 is 0 Å². The summed E-state index contributed by atoms with van der Waals surface area (Å²) in [6, 6.07) is 0.468. The fourth-order valence-corrected chi connectivity index (χ4v) is 0.298. The minimum atomic E-state index is 0. The minimum Gasteiger partial charge on any atom is -0.295 e. The molecule has 44 valence electrons. The molecule has 0 heterocycles. The molecule has 0 bridgehead atoms. The van der Waals surface area contributed by atoms with Gasteiger partial charge in [-0.2, -0.15) is 0 Å². The fraction of sp³-hybridized carbons (Fsp3) is 0.833. The van der Waals surface area contributed by atoms with Gasteiger partial charge in [0.25, 0.3) is 0 Å². The Bertz CT molecular complexity index is 46.1. The van der Waals surface area contributed by atoms with Gasteiger partial charge in [0.1, 0.15) is 0 Å². The van der Waals surface area contributed by atoms with Crippen LogP contribution in [0, 0.1) is 0 Å². The molecule has 0 aromatic rings. The molecule has 0 N–H and O–H groups in total. The van der Waals surface area contributed by atoms with Crippen LogP contribution in [0.3, 0.4) is 0 Å². The Morgan fingerprint density at radius 2 is 1.86 bits per heavy atom. The number of hydrogen-bond donors (Lipinski definition) is 0. The lowest BCUT2D eigenvalue weighted by molar-refractivity contribution is 0.840. The average Bonchev–Trinajstić information content (AvgIpc) is 1.35. The number of rotatable bonds is 1. The molecule has 0 fully saturated rings. The maximum absolute atomic E-state index is 4.00. The maximum atomic E-state index is 4.00. The third-order valence-electron chi connectivity index (χ3n) is 0.447. The molecule has 1 heteroatoms. The molecule has 0 aliphatic carbocycles. The van der Waals surface area contributed by atoms with Crippen LogP contribution >= 0.6 is 0 Å². The van der Waals surface area contributed by atoms with Gasteiger partial charge in [-0.3, -0.25) is 4.99 Å². The predicted octanol–water partition coefficient (Wildman–Crippen LogP) is 2.12. The standard InChI is InChI=1S/C5H11N.CH4/c1-4-6-5(2)3;/h4-5H,1-3H3;1H4. The van der Waals surface area contributed by atoms with Crippen LogP contribution in [0.2, 0.25) is 0 Å². The van der Waals surface area contributed by atoms with Gasteiger partial charge in [0, 0.05) is 6.04 Å². The minimum absolute atomic E-state index is 0. The summed E-state index contributed by atoms with van der Waals surface area (Å²) in [6.07, 6.45) is 1.82. The molecule has 0 aliphatic rings. The molecule has 0 aliphatic heterocycles. The van der Waals surface area contributed by atoms with Crippen molar-refractivity contribution in [3.63, 3.8) is 0 Å². The van der Waals surface area contributed by atoms with E-state index in [4.69, 9.17) is 0 Å². The highest BCUT2D eigenvalue weighted by atomic mass is 14.7. The molecule has 0 unspecified atom stereocenters. The SMILES string of the molecule is C.CC=NC(C)C. The second kappa shape index (κ2) is 5.67. The van der Waals surface area contributed by atoms with Crippen molar-refractivity contribution in [2.75, 3.05) is 0 Å². The van der Waals surface area contributed by atoms with Gasteiger partial charge in [-0.15, -0.1) is 0 Å².